The number of nitrogens with zero attached hydrogens (tertiary/aromatic N) is 2. The molecule has 0 saturated heterocycles. The van der Waals surface area contributed by atoms with E-state index in [4.69, 9.17) is 22.4 Å². The Morgan fingerprint density at radius 3 is 2.93 bits per heavy atom. The van der Waals surface area contributed by atoms with Crippen LogP contribution < -0.4 is 11.1 Å². The maximum absolute atomic E-state index is 8.73. The number of rotatable bonds is 5. The summed E-state index contributed by atoms with van der Waals surface area (Å²) in [4.78, 5) is 7.72. The molecule has 0 aromatic carbocycles. The van der Waals surface area contributed by atoms with Gasteiger partial charge >= 0.3 is 0 Å². The zero-order valence-corrected chi connectivity index (χ0v) is 9.33. The van der Waals surface area contributed by atoms with Gasteiger partial charge in [0.05, 0.1) is 0 Å². The molecule has 0 aliphatic heterocycles. The smallest absolute Gasteiger partial charge is 0.223 e. The maximum Gasteiger partial charge on any atom is 0.223 e. The van der Waals surface area contributed by atoms with Gasteiger partial charge in [-0.15, -0.1) is 0 Å². The highest BCUT2D eigenvalue weighted by Crippen LogP contribution is 2.13. The number of hydrogen-bond acceptors (Lipinski definition) is 5. The number of aliphatic hydroxyl groups is 1. The van der Waals surface area contributed by atoms with Crippen molar-refractivity contribution < 1.29 is 5.11 Å². The van der Waals surface area contributed by atoms with Gasteiger partial charge in [0, 0.05) is 19.2 Å². The molecule has 6 heteroatoms. The predicted molar refractivity (Wildman–Crippen MR) is 60.8 cm³/mol. The van der Waals surface area contributed by atoms with E-state index in [0.717, 1.165) is 6.42 Å². The third-order valence-electron chi connectivity index (χ3n) is 1.97. The SMILES string of the molecule is CC(CCO)CNc1cc(Cl)nc(N)n1. The van der Waals surface area contributed by atoms with Gasteiger partial charge in [-0.25, -0.2) is 4.98 Å². The molecular formula is C9H15ClN4O. The molecule has 1 atom stereocenters. The summed E-state index contributed by atoms with van der Waals surface area (Å²) in [6, 6.07) is 1.61. The second-order valence-electron chi connectivity index (χ2n) is 3.43. The lowest BCUT2D eigenvalue weighted by molar-refractivity contribution is 0.266. The van der Waals surface area contributed by atoms with Crippen molar-refractivity contribution in [3.05, 3.63) is 11.2 Å². The van der Waals surface area contributed by atoms with E-state index in [2.05, 4.69) is 15.3 Å². The fraction of sp³-hybridized carbons (Fsp3) is 0.556. The maximum atomic E-state index is 8.73. The molecule has 0 aliphatic carbocycles. The fourth-order valence-corrected chi connectivity index (χ4v) is 1.32. The van der Waals surface area contributed by atoms with Gasteiger partial charge in [0.25, 0.3) is 0 Å². The molecule has 1 aromatic heterocycles. The van der Waals surface area contributed by atoms with Crippen molar-refractivity contribution in [1.29, 1.82) is 0 Å². The van der Waals surface area contributed by atoms with E-state index in [-0.39, 0.29) is 12.6 Å². The van der Waals surface area contributed by atoms with Gasteiger partial charge in [-0.05, 0) is 12.3 Å². The van der Waals surface area contributed by atoms with Crippen LogP contribution >= 0.6 is 11.6 Å². The Labute approximate surface area is 93.7 Å². The van der Waals surface area contributed by atoms with Crippen LogP contribution in [0.2, 0.25) is 5.15 Å². The summed E-state index contributed by atoms with van der Waals surface area (Å²) >= 11 is 5.72. The number of nitrogens with two attached hydrogens (primary N) is 1. The van der Waals surface area contributed by atoms with Crippen molar-refractivity contribution in [1.82, 2.24) is 9.97 Å². The van der Waals surface area contributed by atoms with E-state index in [1.807, 2.05) is 6.92 Å². The second-order valence-corrected chi connectivity index (χ2v) is 3.82. The van der Waals surface area contributed by atoms with Crippen molar-refractivity contribution >= 4 is 23.4 Å². The summed E-state index contributed by atoms with van der Waals surface area (Å²) < 4.78 is 0. The van der Waals surface area contributed by atoms with Gasteiger partial charge in [-0.2, -0.15) is 4.98 Å². The van der Waals surface area contributed by atoms with Crippen LogP contribution in [0.15, 0.2) is 6.07 Å². The Kier molecular flexibility index (Phi) is 4.58. The lowest BCUT2D eigenvalue weighted by Crippen LogP contribution is -2.14. The minimum Gasteiger partial charge on any atom is -0.396 e. The summed E-state index contributed by atoms with van der Waals surface area (Å²) in [5, 5.41) is 12.1. The molecule has 1 unspecified atom stereocenters. The molecule has 1 heterocycles. The van der Waals surface area contributed by atoms with Crippen LogP contribution in [0.4, 0.5) is 11.8 Å². The first-order valence-corrected chi connectivity index (χ1v) is 5.14. The fourth-order valence-electron chi connectivity index (χ4n) is 1.13. The second kappa shape index (κ2) is 5.72. The molecule has 15 heavy (non-hydrogen) atoms. The Morgan fingerprint density at radius 2 is 2.33 bits per heavy atom. The molecule has 5 nitrogen and oxygen atoms in total. The first-order valence-electron chi connectivity index (χ1n) is 4.76. The molecule has 0 radical (unpaired) electrons. The Morgan fingerprint density at radius 1 is 1.60 bits per heavy atom. The van der Waals surface area contributed by atoms with Crippen molar-refractivity contribution in [2.75, 3.05) is 24.2 Å². The lowest BCUT2D eigenvalue weighted by Gasteiger charge is -2.11. The molecule has 0 spiro atoms. The third kappa shape index (κ3) is 4.31. The number of aliphatic hydroxyl groups excluding tert-OH is 1. The Bertz CT molecular complexity index is 301. The molecule has 84 valence electrons. The normalized spacial score (nSPS) is 12.5. The van der Waals surface area contributed by atoms with Crippen LogP contribution in [0.1, 0.15) is 13.3 Å². The van der Waals surface area contributed by atoms with Gasteiger partial charge in [0.15, 0.2) is 0 Å². The molecule has 0 amide bonds. The highest BCUT2D eigenvalue weighted by Gasteiger charge is 2.03. The van der Waals surface area contributed by atoms with E-state index in [1.165, 1.54) is 0 Å². The number of nitrogens with one attached hydrogen (secondary N) is 1. The summed E-state index contributed by atoms with van der Waals surface area (Å²) in [6.45, 7) is 2.94. The topological polar surface area (TPSA) is 84.1 Å². The zero-order chi connectivity index (χ0) is 11.3. The standard InChI is InChI=1S/C9H15ClN4O/c1-6(2-3-15)5-12-8-4-7(10)13-9(11)14-8/h4,6,15H,2-3,5H2,1H3,(H3,11,12,13,14). The summed E-state index contributed by atoms with van der Waals surface area (Å²) in [5.74, 6) is 1.13. The monoisotopic (exact) mass is 230 g/mol. The first-order chi connectivity index (χ1) is 7.11. The molecule has 1 rings (SSSR count). The van der Waals surface area contributed by atoms with Gasteiger partial charge in [0.1, 0.15) is 11.0 Å². The van der Waals surface area contributed by atoms with Crippen LogP contribution in [0.3, 0.4) is 0 Å². The Hall–Kier alpha value is -1.07. The van der Waals surface area contributed by atoms with Gasteiger partial charge < -0.3 is 16.2 Å². The number of anilines is 2. The molecule has 0 bridgehead atoms. The third-order valence-corrected chi connectivity index (χ3v) is 2.16. The minimum atomic E-state index is 0.153. The van der Waals surface area contributed by atoms with Crippen molar-refractivity contribution in [2.24, 2.45) is 5.92 Å². The molecule has 0 aliphatic rings. The first kappa shape index (κ1) is 12.0. The highest BCUT2D eigenvalue weighted by atomic mass is 35.5. The number of nitrogen functional groups attached to an aromatic ring is 1. The molecular weight excluding hydrogens is 216 g/mol. The van der Waals surface area contributed by atoms with Crippen molar-refractivity contribution in [2.45, 2.75) is 13.3 Å². The van der Waals surface area contributed by atoms with Gasteiger partial charge in [0.2, 0.25) is 5.95 Å². The number of aromatic nitrogens is 2. The van der Waals surface area contributed by atoms with E-state index in [0.29, 0.717) is 23.4 Å². The molecule has 0 saturated carbocycles. The van der Waals surface area contributed by atoms with E-state index in [9.17, 15) is 0 Å². The minimum absolute atomic E-state index is 0.153. The van der Waals surface area contributed by atoms with Gasteiger partial charge in [-0.1, -0.05) is 18.5 Å². The van der Waals surface area contributed by atoms with Crippen LogP contribution in [0, 0.1) is 5.92 Å². The summed E-state index contributed by atoms with van der Waals surface area (Å²) in [7, 11) is 0. The zero-order valence-electron chi connectivity index (χ0n) is 8.57. The number of hydrogen-bond donors (Lipinski definition) is 3. The quantitative estimate of drug-likeness (QED) is 0.661. The largest absolute Gasteiger partial charge is 0.396 e. The van der Waals surface area contributed by atoms with E-state index < -0.39 is 0 Å². The van der Waals surface area contributed by atoms with Crippen LogP contribution in [-0.4, -0.2) is 28.2 Å². The number of halogens is 1. The van der Waals surface area contributed by atoms with E-state index >= 15 is 0 Å². The average molecular weight is 231 g/mol. The molecule has 0 fully saturated rings. The van der Waals surface area contributed by atoms with Crippen LogP contribution in [-0.2, 0) is 0 Å². The lowest BCUT2D eigenvalue weighted by atomic mass is 10.1. The Balaban J connectivity index is 2.50. The van der Waals surface area contributed by atoms with Crippen LogP contribution in [0.5, 0.6) is 0 Å². The van der Waals surface area contributed by atoms with Crippen molar-refractivity contribution in [3.63, 3.8) is 0 Å². The predicted octanol–water partition coefficient (Wildman–Crippen LogP) is 1.14. The highest BCUT2D eigenvalue weighted by molar-refractivity contribution is 6.29. The van der Waals surface area contributed by atoms with E-state index in [1.54, 1.807) is 6.07 Å². The van der Waals surface area contributed by atoms with Gasteiger partial charge in [-0.3, -0.25) is 0 Å². The summed E-state index contributed by atoms with van der Waals surface area (Å²) in [6.07, 6.45) is 0.751. The molecule has 1 aromatic rings. The summed E-state index contributed by atoms with van der Waals surface area (Å²) in [5.41, 5.74) is 5.44. The average Bonchev–Trinajstić information content (AvgIpc) is 2.14. The van der Waals surface area contributed by atoms with Crippen molar-refractivity contribution in [3.8, 4) is 0 Å². The molecule has 4 N–H and O–H groups in total. The van der Waals surface area contributed by atoms with Crippen LogP contribution in [0.25, 0.3) is 0 Å².